The highest BCUT2D eigenvalue weighted by Crippen LogP contribution is 2.29. The van der Waals surface area contributed by atoms with Crippen LogP contribution >= 0.6 is 23.8 Å². The van der Waals surface area contributed by atoms with Crippen molar-refractivity contribution in [2.45, 2.75) is 19.9 Å². The second-order valence-electron chi connectivity index (χ2n) is 4.46. The second-order valence-corrected chi connectivity index (χ2v) is 5.14. The Morgan fingerprint density at radius 1 is 1.48 bits per heavy atom. The highest BCUT2D eigenvalue weighted by Gasteiger charge is 2.29. The van der Waals surface area contributed by atoms with E-state index in [1.807, 2.05) is 12.1 Å². The molecule has 1 aliphatic heterocycles. The molecular weight excluding hydrogens is 308 g/mol. The first-order valence-electron chi connectivity index (χ1n) is 6.50. The number of benzene rings is 1. The van der Waals surface area contributed by atoms with Gasteiger partial charge >= 0.3 is 5.97 Å². The fourth-order valence-corrected chi connectivity index (χ4v) is 2.39. The standard InChI is InChI=1S/C15H15ClN2O2S/c1-3-20-15(19)13-9(2)17-12(8-21)18-14(13)10-4-6-11(16)7-5-10/h4-8,14H,3H2,1-2H3,(H,17,18). The van der Waals surface area contributed by atoms with Gasteiger partial charge in [-0.25, -0.2) is 9.79 Å². The van der Waals surface area contributed by atoms with Gasteiger partial charge < -0.3 is 10.1 Å². The van der Waals surface area contributed by atoms with E-state index in [0.717, 1.165) is 5.56 Å². The SMILES string of the molecule is CCOC(=O)C1=C(C)N=C(C=S)NC1c1ccc(Cl)cc1. The number of allylic oxidation sites excluding steroid dienone is 1. The molecule has 21 heavy (non-hydrogen) atoms. The lowest BCUT2D eigenvalue weighted by molar-refractivity contribution is -0.139. The fraction of sp³-hybridized carbons (Fsp3) is 0.267. The number of carbonyl (C=O) groups excluding carboxylic acids is 1. The van der Waals surface area contributed by atoms with Gasteiger partial charge in [-0.15, -0.1) is 0 Å². The minimum Gasteiger partial charge on any atom is -0.463 e. The molecule has 1 atom stereocenters. The molecule has 110 valence electrons. The Labute approximate surface area is 133 Å². The first kappa shape index (κ1) is 15.7. The summed E-state index contributed by atoms with van der Waals surface area (Å²) in [6.45, 7) is 3.86. The summed E-state index contributed by atoms with van der Waals surface area (Å²) in [5, 5.41) is 5.24. The molecule has 0 saturated heterocycles. The highest BCUT2D eigenvalue weighted by molar-refractivity contribution is 7.80. The largest absolute Gasteiger partial charge is 0.463 e. The Hall–Kier alpha value is -1.72. The van der Waals surface area contributed by atoms with E-state index in [1.165, 1.54) is 5.37 Å². The number of rotatable bonds is 4. The van der Waals surface area contributed by atoms with E-state index in [-0.39, 0.29) is 12.0 Å². The molecule has 1 N–H and O–H groups in total. The van der Waals surface area contributed by atoms with Crippen molar-refractivity contribution in [2.24, 2.45) is 4.99 Å². The van der Waals surface area contributed by atoms with E-state index in [0.29, 0.717) is 28.7 Å². The summed E-state index contributed by atoms with van der Waals surface area (Å²) in [4.78, 5) is 16.5. The Balaban J connectivity index is 2.46. The molecule has 0 bridgehead atoms. The maximum atomic E-state index is 12.2. The smallest absolute Gasteiger partial charge is 0.338 e. The zero-order chi connectivity index (χ0) is 15.4. The van der Waals surface area contributed by atoms with Gasteiger partial charge in [0, 0.05) is 10.4 Å². The van der Waals surface area contributed by atoms with Crippen molar-refractivity contribution in [1.29, 1.82) is 0 Å². The number of nitrogens with one attached hydrogen (secondary N) is 1. The van der Waals surface area contributed by atoms with Crippen LogP contribution < -0.4 is 5.32 Å². The minimum absolute atomic E-state index is 0.312. The number of carbonyl (C=O) groups is 1. The number of halogens is 1. The van der Waals surface area contributed by atoms with Crippen LogP contribution in [-0.4, -0.2) is 23.8 Å². The Bertz CT molecular complexity index is 623. The molecule has 0 amide bonds. The minimum atomic E-state index is -0.380. The topological polar surface area (TPSA) is 50.7 Å². The first-order valence-corrected chi connectivity index (χ1v) is 7.35. The normalized spacial score (nSPS) is 17.9. The van der Waals surface area contributed by atoms with E-state index in [1.54, 1.807) is 26.0 Å². The number of hydrogen-bond donors (Lipinski definition) is 1. The maximum Gasteiger partial charge on any atom is 0.338 e. The van der Waals surface area contributed by atoms with Gasteiger partial charge in [0.05, 0.1) is 23.9 Å². The van der Waals surface area contributed by atoms with Gasteiger partial charge in [-0.3, -0.25) is 0 Å². The summed E-state index contributed by atoms with van der Waals surface area (Å²) in [6, 6.07) is 6.92. The quantitative estimate of drug-likeness (QED) is 0.683. The van der Waals surface area contributed by atoms with Gasteiger partial charge in [0.25, 0.3) is 0 Å². The monoisotopic (exact) mass is 322 g/mol. The van der Waals surface area contributed by atoms with Gasteiger partial charge in [0.15, 0.2) is 0 Å². The predicted octanol–water partition coefficient (Wildman–Crippen LogP) is 3.22. The van der Waals surface area contributed by atoms with Crippen LogP contribution in [0.5, 0.6) is 0 Å². The van der Waals surface area contributed by atoms with E-state index < -0.39 is 0 Å². The van der Waals surface area contributed by atoms with Crippen LogP contribution in [0.15, 0.2) is 40.5 Å². The number of ether oxygens (including phenoxy) is 1. The van der Waals surface area contributed by atoms with Gasteiger partial charge in [-0.05, 0) is 31.5 Å². The summed E-state index contributed by atoms with van der Waals surface area (Å²) in [7, 11) is 0. The van der Waals surface area contributed by atoms with Crippen LogP contribution in [0.3, 0.4) is 0 Å². The highest BCUT2D eigenvalue weighted by atomic mass is 35.5. The molecule has 1 unspecified atom stereocenters. The number of thiocarbonyl (C=S) groups is 1. The molecule has 4 nitrogen and oxygen atoms in total. The summed E-state index contributed by atoms with van der Waals surface area (Å²) in [5.41, 5.74) is 1.98. The van der Waals surface area contributed by atoms with Crippen LogP contribution in [0.1, 0.15) is 25.5 Å². The van der Waals surface area contributed by atoms with Crippen molar-refractivity contribution in [1.82, 2.24) is 5.32 Å². The van der Waals surface area contributed by atoms with Gasteiger partial charge in [0.2, 0.25) is 0 Å². The number of hydrogen-bond acceptors (Lipinski definition) is 5. The zero-order valence-electron chi connectivity index (χ0n) is 11.7. The fourth-order valence-electron chi connectivity index (χ4n) is 2.14. The predicted molar refractivity (Wildman–Crippen MR) is 87.8 cm³/mol. The third-order valence-corrected chi connectivity index (χ3v) is 3.54. The molecule has 2 rings (SSSR count). The van der Waals surface area contributed by atoms with Gasteiger partial charge in [0.1, 0.15) is 5.84 Å². The summed E-state index contributed by atoms with van der Waals surface area (Å²) >= 11 is 10.8. The summed E-state index contributed by atoms with van der Waals surface area (Å²) < 4.78 is 5.13. The van der Waals surface area contributed by atoms with Crippen molar-refractivity contribution < 1.29 is 9.53 Å². The molecule has 1 aromatic carbocycles. The molecule has 0 aliphatic carbocycles. The molecule has 0 aromatic heterocycles. The van der Waals surface area contributed by atoms with Crippen molar-refractivity contribution >= 4 is 41.0 Å². The lowest BCUT2D eigenvalue weighted by Crippen LogP contribution is -2.36. The zero-order valence-corrected chi connectivity index (χ0v) is 13.3. The van der Waals surface area contributed by atoms with Crippen LogP contribution in [0.4, 0.5) is 0 Å². The number of aliphatic imine (C=N–C) groups is 1. The van der Waals surface area contributed by atoms with Crippen LogP contribution in [0.2, 0.25) is 5.02 Å². The molecule has 0 radical (unpaired) electrons. The van der Waals surface area contributed by atoms with E-state index in [4.69, 9.17) is 28.6 Å². The number of amidine groups is 1. The van der Waals surface area contributed by atoms with Crippen LogP contribution in [-0.2, 0) is 9.53 Å². The maximum absolute atomic E-state index is 12.2. The lowest BCUT2D eigenvalue weighted by atomic mass is 9.96. The van der Waals surface area contributed by atoms with Crippen molar-refractivity contribution in [3.8, 4) is 0 Å². The summed E-state index contributed by atoms with van der Waals surface area (Å²) in [6.07, 6.45) is 0. The van der Waals surface area contributed by atoms with Crippen LogP contribution in [0, 0.1) is 0 Å². The van der Waals surface area contributed by atoms with E-state index >= 15 is 0 Å². The molecule has 0 spiro atoms. The number of nitrogens with zero attached hydrogens (tertiary/aromatic N) is 1. The van der Waals surface area contributed by atoms with E-state index in [2.05, 4.69) is 10.3 Å². The Morgan fingerprint density at radius 3 is 2.71 bits per heavy atom. The second kappa shape index (κ2) is 6.83. The summed E-state index contributed by atoms with van der Waals surface area (Å²) in [5.74, 6) is 0.171. The van der Waals surface area contributed by atoms with Crippen molar-refractivity contribution in [2.75, 3.05) is 6.61 Å². The molecule has 1 aromatic rings. The average Bonchev–Trinajstić information content (AvgIpc) is 2.47. The van der Waals surface area contributed by atoms with Crippen molar-refractivity contribution in [3.05, 3.63) is 46.1 Å². The third kappa shape index (κ3) is 3.49. The van der Waals surface area contributed by atoms with Crippen LogP contribution in [0.25, 0.3) is 0 Å². The third-order valence-electron chi connectivity index (χ3n) is 3.07. The molecular formula is C15H15ClN2O2S. The van der Waals surface area contributed by atoms with Gasteiger partial charge in [-0.2, -0.15) is 0 Å². The Kier molecular flexibility index (Phi) is 5.09. The Morgan fingerprint density at radius 2 is 2.14 bits per heavy atom. The molecule has 1 aliphatic rings. The molecule has 0 fully saturated rings. The molecule has 6 heteroatoms. The van der Waals surface area contributed by atoms with E-state index in [9.17, 15) is 4.79 Å². The van der Waals surface area contributed by atoms with Gasteiger partial charge in [-0.1, -0.05) is 36.0 Å². The lowest BCUT2D eigenvalue weighted by Gasteiger charge is -2.26. The molecule has 1 heterocycles. The number of esters is 1. The molecule has 0 saturated carbocycles. The first-order chi connectivity index (χ1) is 10.1. The van der Waals surface area contributed by atoms with Crippen molar-refractivity contribution in [3.63, 3.8) is 0 Å². The average molecular weight is 323 g/mol.